The highest BCUT2D eigenvalue weighted by Crippen LogP contribution is 2.33. The third kappa shape index (κ3) is 5.95. The Labute approximate surface area is 196 Å². The molecule has 1 fully saturated rings. The van der Waals surface area contributed by atoms with Gasteiger partial charge in [-0.15, -0.1) is 10.2 Å². The first kappa shape index (κ1) is 23.4. The molecule has 2 N–H and O–H groups in total. The molecule has 1 aliphatic carbocycles. The molecule has 0 aliphatic heterocycles. The average Bonchev–Trinajstić information content (AvgIpc) is 3.62. The van der Waals surface area contributed by atoms with Crippen LogP contribution in [0.15, 0.2) is 41.6 Å². The third-order valence-electron chi connectivity index (χ3n) is 4.93. The summed E-state index contributed by atoms with van der Waals surface area (Å²) in [5.74, 6) is 1.49. The molecule has 0 radical (unpaired) electrons. The molecule has 0 atom stereocenters. The normalized spacial score (nSPS) is 13.3. The van der Waals surface area contributed by atoms with Gasteiger partial charge >= 0.3 is 0 Å². The van der Waals surface area contributed by atoms with Crippen LogP contribution in [0.1, 0.15) is 19.8 Å². The van der Waals surface area contributed by atoms with E-state index in [9.17, 15) is 13.2 Å². The minimum Gasteiger partial charge on any atom is -0.493 e. The van der Waals surface area contributed by atoms with Gasteiger partial charge < -0.3 is 20.1 Å². The highest BCUT2D eigenvalue weighted by molar-refractivity contribution is 7.90. The maximum atomic E-state index is 12.2. The van der Waals surface area contributed by atoms with Crippen molar-refractivity contribution in [3.63, 3.8) is 0 Å². The smallest absolute Gasteiger partial charge is 0.233 e. The highest BCUT2D eigenvalue weighted by atomic mass is 32.2. The van der Waals surface area contributed by atoms with Crippen LogP contribution in [-0.2, 0) is 14.6 Å². The highest BCUT2D eigenvalue weighted by Gasteiger charge is 2.23. The van der Waals surface area contributed by atoms with Crippen molar-refractivity contribution in [3.05, 3.63) is 36.5 Å². The lowest BCUT2D eigenvalue weighted by Gasteiger charge is -2.15. The summed E-state index contributed by atoms with van der Waals surface area (Å²) in [4.78, 5) is 20.0. The Bertz CT molecular complexity index is 1310. The second-order valence-corrected chi connectivity index (χ2v) is 9.90. The molecule has 0 saturated heterocycles. The molecular weight excluding hydrogens is 460 g/mol. The van der Waals surface area contributed by atoms with Crippen molar-refractivity contribution in [1.82, 2.24) is 20.2 Å². The van der Waals surface area contributed by atoms with Gasteiger partial charge in [-0.1, -0.05) is 0 Å². The Balaban J connectivity index is 1.74. The minimum absolute atomic E-state index is 0.120. The summed E-state index contributed by atoms with van der Waals surface area (Å²) in [6.45, 7) is 1.89. The molecule has 3 heterocycles. The van der Waals surface area contributed by atoms with E-state index in [1.807, 2.05) is 0 Å². The van der Waals surface area contributed by atoms with Crippen molar-refractivity contribution >= 4 is 33.1 Å². The number of amides is 1. The van der Waals surface area contributed by atoms with E-state index in [4.69, 9.17) is 9.47 Å². The molecule has 12 heteroatoms. The fourth-order valence-electron chi connectivity index (χ4n) is 3.04. The van der Waals surface area contributed by atoms with E-state index < -0.39 is 9.84 Å². The zero-order valence-corrected chi connectivity index (χ0v) is 19.7. The molecule has 34 heavy (non-hydrogen) atoms. The zero-order chi connectivity index (χ0) is 24.3. The van der Waals surface area contributed by atoms with Gasteiger partial charge in [0.25, 0.3) is 0 Å². The van der Waals surface area contributed by atoms with Gasteiger partial charge in [-0.3, -0.25) is 4.79 Å². The van der Waals surface area contributed by atoms with Crippen molar-refractivity contribution in [1.29, 1.82) is 0 Å². The maximum absolute atomic E-state index is 12.2. The third-order valence-corrected chi connectivity index (χ3v) is 5.90. The van der Waals surface area contributed by atoms with E-state index in [0.29, 0.717) is 46.9 Å². The van der Waals surface area contributed by atoms with Gasteiger partial charge in [0.1, 0.15) is 17.4 Å². The van der Waals surface area contributed by atoms with E-state index in [2.05, 4.69) is 30.8 Å². The Morgan fingerprint density at radius 3 is 2.56 bits per heavy atom. The molecule has 1 aliphatic rings. The summed E-state index contributed by atoms with van der Waals surface area (Å²) < 4.78 is 35.3. The molecule has 3 aromatic rings. The number of nitrogens with zero attached hydrogens (tertiary/aromatic N) is 4. The Kier molecular flexibility index (Phi) is 6.59. The molecule has 4 rings (SSSR count). The van der Waals surface area contributed by atoms with Crippen LogP contribution in [0.4, 0.5) is 17.3 Å². The summed E-state index contributed by atoms with van der Waals surface area (Å²) in [7, 11) is -2.10. The summed E-state index contributed by atoms with van der Waals surface area (Å²) >= 11 is 0. The number of ether oxygens (including phenoxy) is 2. The minimum atomic E-state index is -3.59. The lowest BCUT2D eigenvalue weighted by molar-refractivity contribution is -0.114. The number of carbonyl (C=O) groups is 1. The molecular formula is C22H24N6O5S. The van der Waals surface area contributed by atoms with Gasteiger partial charge in [-0.05, 0) is 24.8 Å². The second-order valence-electron chi connectivity index (χ2n) is 7.94. The summed E-state index contributed by atoms with van der Waals surface area (Å²) in [6.07, 6.45) is 4.81. The van der Waals surface area contributed by atoms with Crippen molar-refractivity contribution in [2.45, 2.75) is 24.8 Å². The number of hydrogen-bond donors (Lipinski definition) is 2. The molecule has 0 spiro atoms. The van der Waals surface area contributed by atoms with Crippen LogP contribution in [0, 0.1) is 5.92 Å². The van der Waals surface area contributed by atoms with Gasteiger partial charge in [0.2, 0.25) is 11.8 Å². The Hall–Kier alpha value is -3.80. The lowest BCUT2D eigenvalue weighted by atomic mass is 10.1. The van der Waals surface area contributed by atoms with Crippen molar-refractivity contribution in [2.75, 3.05) is 30.6 Å². The SMILES string of the molecule is COc1ccc(-c2cnc(NC(C)=O)cc2Nc2cc(OCC3CC3)cc(S(C)(=O)=O)n2)nn1. The quantitative estimate of drug-likeness (QED) is 0.465. The van der Waals surface area contributed by atoms with Gasteiger partial charge in [-0.25, -0.2) is 18.4 Å². The van der Waals surface area contributed by atoms with Crippen LogP contribution < -0.4 is 20.1 Å². The largest absolute Gasteiger partial charge is 0.493 e. The van der Waals surface area contributed by atoms with Gasteiger partial charge in [-0.2, -0.15) is 0 Å². The average molecular weight is 485 g/mol. The predicted molar refractivity (Wildman–Crippen MR) is 125 cm³/mol. The van der Waals surface area contributed by atoms with E-state index in [1.54, 1.807) is 24.3 Å². The second kappa shape index (κ2) is 9.59. The number of hydrogen-bond acceptors (Lipinski definition) is 10. The van der Waals surface area contributed by atoms with E-state index in [-0.39, 0.29) is 16.8 Å². The Morgan fingerprint density at radius 2 is 1.94 bits per heavy atom. The summed E-state index contributed by atoms with van der Waals surface area (Å²) in [6, 6.07) is 7.99. The fraction of sp³-hybridized carbons (Fsp3) is 0.318. The number of methoxy groups -OCH3 is 1. The maximum Gasteiger partial charge on any atom is 0.233 e. The first-order valence-corrected chi connectivity index (χ1v) is 12.4. The molecule has 0 unspecified atom stereocenters. The number of nitrogens with one attached hydrogen (secondary N) is 2. The van der Waals surface area contributed by atoms with Crippen molar-refractivity contribution < 1.29 is 22.7 Å². The van der Waals surface area contributed by atoms with Crippen LogP contribution in [-0.4, -0.2) is 54.5 Å². The number of rotatable bonds is 9. The molecule has 0 aromatic carbocycles. The first-order valence-electron chi connectivity index (χ1n) is 10.5. The Morgan fingerprint density at radius 1 is 1.15 bits per heavy atom. The van der Waals surface area contributed by atoms with Crippen LogP contribution >= 0.6 is 0 Å². The number of sulfone groups is 1. The van der Waals surface area contributed by atoms with Crippen molar-refractivity contribution in [3.8, 4) is 22.9 Å². The summed E-state index contributed by atoms with van der Waals surface area (Å²) in [5, 5.41) is 13.8. The standard InChI is InChI=1S/C22H24N6O5S/c1-13(29)24-19-10-18(16(11-23-19)17-6-7-21(32-2)28-27-17)25-20-8-15(33-12-14-4-5-14)9-22(26-20)34(3,30)31/h6-11,14H,4-5,12H2,1-3H3,(H2,23,24,25,26,29). The molecule has 1 saturated carbocycles. The van der Waals surface area contributed by atoms with Crippen LogP contribution in [0.5, 0.6) is 11.6 Å². The monoisotopic (exact) mass is 484 g/mol. The number of anilines is 3. The first-order chi connectivity index (χ1) is 16.2. The van der Waals surface area contributed by atoms with Crippen LogP contribution in [0.3, 0.4) is 0 Å². The topological polar surface area (TPSA) is 145 Å². The van der Waals surface area contributed by atoms with Crippen LogP contribution in [0.25, 0.3) is 11.3 Å². The molecule has 3 aromatic heterocycles. The number of carbonyl (C=O) groups excluding carboxylic acids is 1. The van der Waals surface area contributed by atoms with E-state index >= 15 is 0 Å². The molecule has 11 nitrogen and oxygen atoms in total. The number of aromatic nitrogens is 4. The van der Waals surface area contributed by atoms with E-state index in [1.165, 1.54) is 26.3 Å². The van der Waals surface area contributed by atoms with Gasteiger partial charge in [0.05, 0.1) is 25.1 Å². The zero-order valence-electron chi connectivity index (χ0n) is 18.9. The molecule has 178 valence electrons. The molecule has 0 bridgehead atoms. The fourth-order valence-corrected chi connectivity index (χ4v) is 3.63. The number of pyridine rings is 2. The van der Waals surface area contributed by atoms with E-state index in [0.717, 1.165) is 19.1 Å². The van der Waals surface area contributed by atoms with Gasteiger partial charge in [0.15, 0.2) is 14.9 Å². The predicted octanol–water partition coefficient (Wildman–Crippen LogP) is 2.84. The summed E-state index contributed by atoms with van der Waals surface area (Å²) in [5.41, 5.74) is 1.51. The van der Waals surface area contributed by atoms with Crippen LogP contribution in [0.2, 0.25) is 0 Å². The lowest BCUT2D eigenvalue weighted by Crippen LogP contribution is -2.09. The van der Waals surface area contributed by atoms with Gasteiger partial charge in [0, 0.05) is 49.2 Å². The van der Waals surface area contributed by atoms with Crippen molar-refractivity contribution in [2.24, 2.45) is 5.92 Å². The molecule has 1 amide bonds.